The molecule has 122 valence electrons. The van der Waals surface area contributed by atoms with E-state index in [1.54, 1.807) is 6.07 Å². The summed E-state index contributed by atoms with van der Waals surface area (Å²) >= 11 is 0. The van der Waals surface area contributed by atoms with Crippen molar-refractivity contribution in [2.45, 2.75) is 57.8 Å². The first kappa shape index (κ1) is 16.7. The van der Waals surface area contributed by atoms with E-state index in [1.807, 2.05) is 0 Å². The van der Waals surface area contributed by atoms with Gasteiger partial charge in [0.1, 0.15) is 0 Å². The summed E-state index contributed by atoms with van der Waals surface area (Å²) in [7, 11) is 0. The van der Waals surface area contributed by atoms with Gasteiger partial charge in [0.2, 0.25) is 5.91 Å². The van der Waals surface area contributed by atoms with Crippen molar-refractivity contribution >= 4 is 5.91 Å². The summed E-state index contributed by atoms with van der Waals surface area (Å²) in [5.41, 5.74) is 0.901. The van der Waals surface area contributed by atoms with Crippen molar-refractivity contribution in [2.24, 2.45) is 5.92 Å². The smallest absolute Gasteiger partial charge is 0.220 e. The van der Waals surface area contributed by atoms with Gasteiger partial charge in [-0.15, -0.1) is 0 Å². The van der Waals surface area contributed by atoms with Crippen LogP contribution in [-0.4, -0.2) is 22.7 Å². The van der Waals surface area contributed by atoms with Crippen LogP contribution in [0.2, 0.25) is 0 Å². The zero-order valence-electron chi connectivity index (χ0n) is 13.2. The van der Waals surface area contributed by atoms with Crippen LogP contribution < -0.4 is 5.32 Å². The molecule has 0 heterocycles. The molecule has 2 rings (SSSR count). The van der Waals surface area contributed by atoms with Crippen molar-refractivity contribution < 1.29 is 15.0 Å². The Bertz CT molecular complexity index is 481. The minimum atomic E-state index is -0.115. The molecule has 22 heavy (non-hydrogen) atoms. The molecule has 0 bridgehead atoms. The average Bonchev–Trinajstić information content (AvgIpc) is 2.52. The zero-order valence-corrected chi connectivity index (χ0v) is 13.2. The molecule has 3 N–H and O–H groups in total. The van der Waals surface area contributed by atoms with Crippen LogP contribution in [0.5, 0.6) is 11.5 Å². The first-order chi connectivity index (χ1) is 10.6. The van der Waals surface area contributed by atoms with E-state index in [9.17, 15) is 15.0 Å². The quantitative estimate of drug-likeness (QED) is 0.675. The summed E-state index contributed by atoms with van der Waals surface area (Å²) in [6, 6.07) is 4.76. The summed E-state index contributed by atoms with van der Waals surface area (Å²) in [4.78, 5) is 11.8. The lowest BCUT2D eigenvalue weighted by Gasteiger charge is -2.21. The summed E-state index contributed by atoms with van der Waals surface area (Å²) < 4.78 is 0. The molecule has 1 aliphatic rings. The van der Waals surface area contributed by atoms with Gasteiger partial charge >= 0.3 is 0 Å². The molecule has 0 spiro atoms. The van der Waals surface area contributed by atoms with Crippen molar-refractivity contribution in [1.29, 1.82) is 0 Å². The number of aromatic hydroxyl groups is 2. The number of carbonyl (C=O) groups is 1. The molecule has 0 aromatic heterocycles. The van der Waals surface area contributed by atoms with E-state index in [1.165, 1.54) is 50.7 Å². The second-order valence-corrected chi connectivity index (χ2v) is 6.32. The Morgan fingerprint density at radius 3 is 2.64 bits per heavy atom. The molecule has 1 aliphatic carbocycles. The Morgan fingerprint density at radius 2 is 1.91 bits per heavy atom. The lowest BCUT2D eigenvalue weighted by Crippen LogP contribution is -2.25. The molecule has 0 unspecified atom stereocenters. The van der Waals surface area contributed by atoms with Gasteiger partial charge in [-0.2, -0.15) is 0 Å². The maximum atomic E-state index is 11.8. The van der Waals surface area contributed by atoms with Crippen molar-refractivity contribution in [3.05, 3.63) is 23.8 Å². The van der Waals surface area contributed by atoms with Gasteiger partial charge in [0.05, 0.1) is 0 Å². The van der Waals surface area contributed by atoms with E-state index in [-0.39, 0.29) is 17.4 Å². The molecule has 1 aromatic rings. The fraction of sp³-hybridized carbons (Fsp3) is 0.611. The highest BCUT2D eigenvalue weighted by atomic mass is 16.3. The van der Waals surface area contributed by atoms with Gasteiger partial charge in [0, 0.05) is 13.0 Å². The molecule has 0 saturated heterocycles. The van der Waals surface area contributed by atoms with Crippen LogP contribution in [0.3, 0.4) is 0 Å². The number of hydrogen-bond acceptors (Lipinski definition) is 3. The van der Waals surface area contributed by atoms with E-state index in [0.717, 1.165) is 17.9 Å². The number of amides is 1. The third-order valence-corrected chi connectivity index (χ3v) is 4.52. The molecule has 0 aliphatic heterocycles. The summed E-state index contributed by atoms with van der Waals surface area (Å²) in [6.07, 6.45) is 10.2. The SMILES string of the molecule is O=C(CCCC1CCCCC1)NCCc1ccc(O)c(O)c1. The van der Waals surface area contributed by atoms with Crippen molar-refractivity contribution in [3.8, 4) is 11.5 Å². The average molecular weight is 305 g/mol. The van der Waals surface area contributed by atoms with Gasteiger partial charge < -0.3 is 15.5 Å². The minimum Gasteiger partial charge on any atom is -0.504 e. The molecule has 4 nitrogen and oxygen atoms in total. The third kappa shape index (κ3) is 5.58. The maximum absolute atomic E-state index is 11.8. The molecular weight excluding hydrogens is 278 g/mol. The van der Waals surface area contributed by atoms with Crippen LogP contribution in [0.4, 0.5) is 0 Å². The van der Waals surface area contributed by atoms with Gasteiger partial charge in [0.25, 0.3) is 0 Å². The molecule has 0 atom stereocenters. The van der Waals surface area contributed by atoms with Gasteiger partial charge in [0.15, 0.2) is 11.5 Å². The van der Waals surface area contributed by atoms with Gasteiger partial charge in [-0.3, -0.25) is 4.79 Å². The second kappa shape index (κ2) is 8.66. The summed E-state index contributed by atoms with van der Waals surface area (Å²) in [5.74, 6) is 0.715. The highest BCUT2D eigenvalue weighted by Crippen LogP contribution is 2.27. The first-order valence-electron chi connectivity index (χ1n) is 8.42. The summed E-state index contributed by atoms with van der Waals surface area (Å²) in [5, 5.41) is 21.6. The molecule has 1 aromatic carbocycles. The molecule has 1 saturated carbocycles. The number of phenols is 2. The second-order valence-electron chi connectivity index (χ2n) is 6.32. The van der Waals surface area contributed by atoms with Crippen LogP contribution in [0.1, 0.15) is 56.9 Å². The first-order valence-corrected chi connectivity index (χ1v) is 8.42. The molecule has 1 amide bonds. The van der Waals surface area contributed by atoms with E-state index < -0.39 is 0 Å². The number of nitrogens with one attached hydrogen (secondary N) is 1. The number of phenolic OH excluding ortho intramolecular Hbond substituents is 2. The summed E-state index contributed by atoms with van der Waals surface area (Å²) in [6.45, 7) is 0.562. The lowest BCUT2D eigenvalue weighted by atomic mass is 9.86. The van der Waals surface area contributed by atoms with Crippen LogP contribution >= 0.6 is 0 Å². The van der Waals surface area contributed by atoms with Crippen LogP contribution in [-0.2, 0) is 11.2 Å². The predicted molar refractivity (Wildman–Crippen MR) is 86.9 cm³/mol. The highest BCUT2D eigenvalue weighted by molar-refractivity contribution is 5.75. The minimum absolute atomic E-state index is 0.110. The van der Waals surface area contributed by atoms with Crippen molar-refractivity contribution in [1.82, 2.24) is 5.32 Å². The van der Waals surface area contributed by atoms with E-state index in [2.05, 4.69) is 5.32 Å². The highest BCUT2D eigenvalue weighted by Gasteiger charge is 2.13. The van der Waals surface area contributed by atoms with E-state index in [0.29, 0.717) is 19.4 Å². The number of benzene rings is 1. The Labute approximate surface area is 132 Å². The zero-order chi connectivity index (χ0) is 15.8. The Balaban J connectivity index is 1.58. The number of carbonyl (C=O) groups excluding carboxylic acids is 1. The van der Waals surface area contributed by atoms with Crippen LogP contribution in [0.15, 0.2) is 18.2 Å². The lowest BCUT2D eigenvalue weighted by molar-refractivity contribution is -0.121. The molecule has 0 radical (unpaired) electrons. The molecule has 4 heteroatoms. The largest absolute Gasteiger partial charge is 0.504 e. The predicted octanol–water partition coefficient (Wildman–Crippen LogP) is 3.51. The topological polar surface area (TPSA) is 69.6 Å². The fourth-order valence-electron chi connectivity index (χ4n) is 3.19. The number of hydrogen-bond donors (Lipinski definition) is 3. The van der Waals surface area contributed by atoms with Crippen LogP contribution in [0.25, 0.3) is 0 Å². The van der Waals surface area contributed by atoms with Crippen molar-refractivity contribution in [2.75, 3.05) is 6.54 Å². The van der Waals surface area contributed by atoms with Crippen LogP contribution in [0, 0.1) is 5.92 Å². The number of rotatable bonds is 7. The standard InChI is InChI=1S/C18H27NO3/c20-16-10-9-15(13-17(16)21)11-12-19-18(22)8-4-7-14-5-2-1-3-6-14/h9-10,13-14,20-21H,1-8,11-12H2,(H,19,22). The van der Waals surface area contributed by atoms with E-state index >= 15 is 0 Å². The monoisotopic (exact) mass is 305 g/mol. The Morgan fingerprint density at radius 1 is 1.14 bits per heavy atom. The van der Waals surface area contributed by atoms with Crippen molar-refractivity contribution in [3.63, 3.8) is 0 Å². The van der Waals surface area contributed by atoms with Gasteiger partial charge in [-0.25, -0.2) is 0 Å². The third-order valence-electron chi connectivity index (χ3n) is 4.52. The Kier molecular flexibility index (Phi) is 6.56. The maximum Gasteiger partial charge on any atom is 0.220 e. The Hall–Kier alpha value is -1.71. The normalized spacial score (nSPS) is 15.6. The molecular formula is C18H27NO3. The van der Waals surface area contributed by atoms with Gasteiger partial charge in [-0.1, -0.05) is 38.2 Å². The van der Waals surface area contributed by atoms with E-state index in [4.69, 9.17) is 0 Å². The van der Waals surface area contributed by atoms with Gasteiger partial charge in [-0.05, 0) is 42.9 Å². The molecule has 1 fully saturated rings. The fourth-order valence-corrected chi connectivity index (χ4v) is 3.19.